The van der Waals surface area contributed by atoms with Crippen LogP contribution in [0.25, 0.3) is 0 Å². The van der Waals surface area contributed by atoms with Gasteiger partial charge in [0.15, 0.2) is 11.5 Å². The van der Waals surface area contributed by atoms with Gasteiger partial charge in [-0.15, -0.1) is 0 Å². The van der Waals surface area contributed by atoms with Crippen LogP contribution in [0.15, 0.2) is 17.3 Å². The Labute approximate surface area is 152 Å². The van der Waals surface area contributed by atoms with Gasteiger partial charge >= 0.3 is 0 Å². The van der Waals surface area contributed by atoms with Crippen LogP contribution < -0.4 is 19.5 Å². The van der Waals surface area contributed by atoms with Gasteiger partial charge in [-0.25, -0.2) is 0 Å². The van der Waals surface area contributed by atoms with E-state index in [1.54, 1.807) is 33.5 Å². The van der Waals surface area contributed by atoms with Gasteiger partial charge in [-0.2, -0.15) is 0 Å². The molecule has 142 valence electrons. The minimum atomic E-state index is -0.648. The van der Waals surface area contributed by atoms with Crippen molar-refractivity contribution in [1.82, 2.24) is 5.32 Å². The van der Waals surface area contributed by atoms with Gasteiger partial charge in [0.05, 0.1) is 33.1 Å². The Kier molecular flexibility index (Phi) is 5.82. The maximum atomic E-state index is 12.3. The van der Waals surface area contributed by atoms with Crippen LogP contribution in [0.1, 0.15) is 24.8 Å². The van der Waals surface area contributed by atoms with Gasteiger partial charge in [0.1, 0.15) is 0 Å². The van der Waals surface area contributed by atoms with Gasteiger partial charge in [0.25, 0.3) is 5.91 Å². The highest BCUT2D eigenvalue weighted by atomic mass is 16.6. The molecule has 1 amide bonds. The largest absolute Gasteiger partial charge is 0.493 e. The number of methoxy groups -OCH3 is 3. The summed E-state index contributed by atoms with van der Waals surface area (Å²) < 4.78 is 21.5. The number of ether oxygens (including phenoxy) is 4. The fourth-order valence-corrected chi connectivity index (χ4v) is 3.07. The third kappa shape index (κ3) is 3.85. The number of rotatable bonds is 7. The number of nitrogens with zero attached hydrogens (tertiary/aromatic N) is 1. The van der Waals surface area contributed by atoms with E-state index in [9.17, 15) is 4.79 Å². The second-order valence-corrected chi connectivity index (χ2v) is 6.13. The number of nitrogens with one attached hydrogen (secondary N) is 1. The van der Waals surface area contributed by atoms with E-state index in [2.05, 4.69) is 10.5 Å². The molecule has 2 atom stereocenters. The molecule has 0 bridgehead atoms. The van der Waals surface area contributed by atoms with Crippen molar-refractivity contribution in [2.75, 3.05) is 34.5 Å². The number of hydrogen-bond acceptors (Lipinski definition) is 7. The lowest BCUT2D eigenvalue weighted by molar-refractivity contribution is -0.131. The van der Waals surface area contributed by atoms with E-state index in [1.807, 2.05) is 0 Å². The molecule has 1 aromatic rings. The van der Waals surface area contributed by atoms with E-state index in [-0.39, 0.29) is 12.0 Å². The van der Waals surface area contributed by atoms with E-state index in [0.29, 0.717) is 35.9 Å². The number of hydrogen-bond donors (Lipinski definition) is 1. The van der Waals surface area contributed by atoms with Crippen LogP contribution in [-0.2, 0) is 14.4 Å². The van der Waals surface area contributed by atoms with E-state index in [4.69, 9.17) is 23.8 Å². The van der Waals surface area contributed by atoms with Crippen molar-refractivity contribution in [3.05, 3.63) is 17.7 Å². The highest BCUT2D eigenvalue weighted by molar-refractivity contribution is 6.04. The van der Waals surface area contributed by atoms with Crippen molar-refractivity contribution < 1.29 is 28.6 Å². The second kappa shape index (κ2) is 8.27. The van der Waals surface area contributed by atoms with Crippen LogP contribution in [0.2, 0.25) is 0 Å². The maximum Gasteiger partial charge on any atom is 0.264 e. The summed E-state index contributed by atoms with van der Waals surface area (Å²) in [5, 5.41) is 6.94. The van der Waals surface area contributed by atoms with Crippen molar-refractivity contribution >= 4 is 11.6 Å². The Morgan fingerprint density at radius 2 is 1.96 bits per heavy atom. The summed E-state index contributed by atoms with van der Waals surface area (Å²) in [4.78, 5) is 17.6. The average molecular weight is 364 g/mol. The molecule has 0 spiro atoms. The summed E-state index contributed by atoms with van der Waals surface area (Å²) in [7, 11) is 4.65. The Hall–Kier alpha value is -2.48. The van der Waals surface area contributed by atoms with Crippen LogP contribution in [0.5, 0.6) is 17.2 Å². The lowest BCUT2D eigenvalue weighted by Gasteiger charge is -2.14. The topological polar surface area (TPSA) is 87.6 Å². The lowest BCUT2D eigenvalue weighted by Crippen LogP contribution is -2.39. The van der Waals surface area contributed by atoms with Crippen molar-refractivity contribution in [1.29, 1.82) is 0 Å². The molecule has 8 nitrogen and oxygen atoms in total. The summed E-state index contributed by atoms with van der Waals surface area (Å²) >= 11 is 0. The normalized spacial score (nSPS) is 21.7. The Balaban J connectivity index is 1.65. The summed E-state index contributed by atoms with van der Waals surface area (Å²) in [6.45, 7) is 1.26. The van der Waals surface area contributed by atoms with Crippen LogP contribution in [0.3, 0.4) is 0 Å². The van der Waals surface area contributed by atoms with Gasteiger partial charge in [0.2, 0.25) is 11.9 Å². The zero-order valence-corrected chi connectivity index (χ0v) is 15.2. The van der Waals surface area contributed by atoms with Gasteiger partial charge < -0.3 is 29.1 Å². The van der Waals surface area contributed by atoms with Crippen molar-refractivity contribution in [2.45, 2.75) is 31.5 Å². The van der Waals surface area contributed by atoms with Crippen LogP contribution in [-0.4, -0.2) is 58.3 Å². The summed E-state index contributed by atoms with van der Waals surface area (Å²) in [5.41, 5.74) is 1.41. The summed E-state index contributed by atoms with van der Waals surface area (Å²) in [5.74, 6) is 1.36. The first-order chi connectivity index (χ1) is 12.7. The van der Waals surface area contributed by atoms with E-state index in [1.165, 1.54) is 0 Å². The first-order valence-electron chi connectivity index (χ1n) is 8.58. The highest BCUT2D eigenvalue weighted by Gasteiger charge is 2.30. The molecule has 3 rings (SSSR count). The summed E-state index contributed by atoms with van der Waals surface area (Å²) in [6.07, 6.45) is 1.82. The number of carbonyl (C=O) groups excluding carboxylic acids is 1. The molecule has 1 N–H and O–H groups in total. The molecule has 8 heteroatoms. The van der Waals surface area contributed by atoms with Crippen LogP contribution in [0.4, 0.5) is 0 Å². The van der Waals surface area contributed by atoms with E-state index >= 15 is 0 Å². The predicted molar refractivity (Wildman–Crippen MR) is 94.1 cm³/mol. The lowest BCUT2D eigenvalue weighted by atomic mass is 10.0. The number of benzene rings is 1. The summed E-state index contributed by atoms with van der Waals surface area (Å²) in [6, 6.07) is 3.58. The molecule has 0 aromatic heterocycles. The second-order valence-electron chi connectivity index (χ2n) is 6.13. The molecule has 1 fully saturated rings. The minimum Gasteiger partial charge on any atom is -0.493 e. The zero-order valence-electron chi connectivity index (χ0n) is 15.2. The fraction of sp³-hybridized carbons (Fsp3) is 0.556. The molecule has 26 heavy (non-hydrogen) atoms. The molecule has 0 aliphatic carbocycles. The molecule has 0 unspecified atom stereocenters. The third-order valence-corrected chi connectivity index (χ3v) is 4.49. The van der Waals surface area contributed by atoms with Crippen molar-refractivity contribution in [3.8, 4) is 17.2 Å². The van der Waals surface area contributed by atoms with Crippen molar-refractivity contribution in [2.24, 2.45) is 5.16 Å². The Morgan fingerprint density at radius 3 is 2.54 bits per heavy atom. The van der Waals surface area contributed by atoms with Crippen LogP contribution >= 0.6 is 0 Å². The molecule has 1 saturated heterocycles. The van der Waals surface area contributed by atoms with Gasteiger partial charge in [-0.1, -0.05) is 5.16 Å². The zero-order chi connectivity index (χ0) is 18.5. The molecule has 0 saturated carbocycles. The first kappa shape index (κ1) is 18.3. The number of carbonyl (C=O) groups is 1. The Morgan fingerprint density at radius 1 is 1.23 bits per heavy atom. The molecule has 1 aromatic carbocycles. The molecule has 2 heterocycles. The third-order valence-electron chi connectivity index (χ3n) is 4.49. The number of amides is 1. The molecule has 2 aliphatic heterocycles. The highest BCUT2D eigenvalue weighted by Crippen LogP contribution is 2.39. The van der Waals surface area contributed by atoms with E-state index in [0.717, 1.165) is 25.0 Å². The number of oxime groups is 1. The van der Waals surface area contributed by atoms with E-state index < -0.39 is 6.10 Å². The molecule has 0 radical (unpaired) electrons. The predicted octanol–water partition coefficient (Wildman–Crippen LogP) is 1.50. The molecular weight excluding hydrogens is 340 g/mol. The fourth-order valence-electron chi connectivity index (χ4n) is 3.07. The van der Waals surface area contributed by atoms with Gasteiger partial charge in [0, 0.05) is 25.1 Å². The van der Waals surface area contributed by atoms with Gasteiger partial charge in [-0.05, 0) is 25.0 Å². The Bertz CT molecular complexity index is 659. The average Bonchev–Trinajstić information content (AvgIpc) is 3.36. The maximum absolute atomic E-state index is 12.3. The van der Waals surface area contributed by atoms with Crippen molar-refractivity contribution in [3.63, 3.8) is 0 Å². The smallest absolute Gasteiger partial charge is 0.264 e. The van der Waals surface area contributed by atoms with Gasteiger partial charge in [-0.3, -0.25) is 4.79 Å². The monoisotopic (exact) mass is 364 g/mol. The SMILES string of the molecule is COc1cc(C2=NO[C@H](C(=O)NC[C@H]3CCCO3)C2)cc(OC)c1OC. The standard InChI is InChI=1S/C18H24N2O6/c1-22-14-7-11(8-15(23-2)17(14)24-3)13-9-16(26-20-13)18(21)19-10-12-5-4-6-25-12/h7-8,12,16H,4-6,9-10H2,1-3H3,(H,19,21)/t12-,16+/m1/s1. The molecule has 2 aliphatic rings. The molecular formula is C18H24N2O6. The quantitative estimate of drug-likeness (QED) is 0.789. The minimum absolute atomic E-state index is 0.0934. The van der Waals surface area contributed by atoms with Crippen LogP contribution in [0, 0.1) is 0 Å². The first-order valence-corrected chi connectivity index (χ1v) is 8.58.